The minimum absolute atomic E-state index is 0.158. The smallest absolute Gasteiger partial charge is 0.291 e. The number of nitriles is 1. The first-order valence-electron chi connectivity index (χ1n) is 4.88. The molecule has 0 spiro atoms. The van der Waals surface area contributed by atoms with Crippen molar-refractivity contribution in [1.82, 2.24) is 9.66 Å². The molecule has 0 unspecified atom stereocenters. The van der Waals surface area contributed by atoms with Gasteiger partial charge < -0.3 is 11.6 Å². The summed E-state index contributed by atoms with van der Waals surface area (Å²) in [5.74, 6) is 5.21. The van der Waals surface area contributed by atoms with Crippen molar-refractivity contribution in [3.63, 3.8) is 0 Å². The van der Waals surface area contributed by atoms with Gasteiger partial charge in [-0.2, -0.15) is 9.94 Å². The van der Waals surface area contributed by atoms with Crippen LogP contribution >= 0.6 is 11.6 Å². The number of nitrogens with zero attached hydrogens (tertiary/aromatic N) is 3. The highest BCUT2D eigenvalue weighted by Crippen LogP contribution is 2.21. The van der Waals surface area contributed by atoms with Gasteiger partial charge in [0.1, 0.15) is 11.6 Å². The normalized spacial score (nSPS) is 10.0. The van der Waals surface area contributed by atoms with Crippen LogP contribution in [0.1, 0.15) is 5.56 Å². The Morgan fingerprint density at radius 1 is 1.33 bits per heavy atom. The Bertz CT molecular complexity index is 699. The van der Waals surface area contributed by atoms with Gasteiger partial charge in [-0.15, -0.1) is 0 Å². The molecular weight excluding hydrogens is 254 g/mol. The highest BCUT2D eigenvalue weighted by atomic mass is 35.5. The second-order valence-electron chi connectivity index (χ2n) is 3.49. The monoisotopic (exact) mass is 261 g/mol. The van der Waals surface area contributed by atoms with Gasteiger partial charge in [0.15, 0.2) is 0 Å². The number of hydrogen-bond acceptors (Lipinski definition) is 5. The van der Waals surface area contributed by atoms with Gasteiger partial charge in [0.2, 0.25) is 5.95 Å². The van der Waals surface area contributed by atoms with Crippen LogP contribution in [0.15, 0.2) is 29.1 Å². The molecular formula is C11H8ClN5O. The van der Waals surface area contributed by atoms with Gasteiger partial charge in [0.05, 0.1) is 5.69 Å². The van der Waals surface area contributed by atoms with Crippen molar-refractivity contribution in [1.29, 1.82) is 5.26 Å². The number of benzene rings is 1. The summed E-state index contributed by atoms with van der Waals surface area (Å²) in [6.07, 6.45) is 0. The third-order valence-corrected chi connectivity index (χ3v) is 2.62. The minimum atomic E-state index is -0.685. The van der Waals surface area contributed by atoms with Crippen LogP contribution in [-0.2, 0) is 0 Å². The Kier molecular flexibility index (Phi) is 2.92. The summed E-state index contributed by atoms with van der Waals surface area (Å²) < 4.78 is 0.637. The number of rotatable bonds is 1. The predicted octanol–water partition coefficient (Wildman–Crippen LogP) is 0.731. The van der Waals surface area contributed by atoms with E-state index in [4.69, 9.17) is 28.4 Å². The molecule has 0 aliphatic heterocycles. The van der Waals surface area contributed by atoms with Crippen LogP contribution in [0.25, 0.3) is 11.3 Å². The number of hydrogen-bond donors (Lipinski definition) is 2. The third-order valence-electron chi connectivity index (χ3n) is 2.37. The molecule has 0 atom stereocenters. The first-order valence-corrected chi connectivity index (χ1v) is 5.26. The molecule has 0 saturated carbocycles. The molecule has 0 aliphatic carbocycles. The van der Waals surface area contributed by atoms with Crippen LogP contribution in [0.5, 0.6) is 0 Å². The zero-order valence-electron chi connectivity index (χ0n) is 9.09. The van der Waals surface area contributed by atoms with Gasteiger partial charge in [-0.25, -0.2) is 4.98 Å². The van der Waals surface area contributed by atoms with Gasteiger partial charge in [-0.05, 0) is 12.1 Å². The minimum Gasteiger partial charge on any atom is -0.368 e. The standard InChI is InChI=1S/C11H8ClN5O/c12-7-3-1-6(2-4-7)9-8(5-13)10(18)17(15)11(14)16-9/h1-4H,15H2,(H2,14,16). The van der Waals surface area contributed by atoms with E-state index < -0.39 is 5.56 Å². The van der Waals surface area contributed by atoms with Crippen molar-refractivity contribution < 1.29 is 0 Å². The van der Waals surface area contributed by atoms with Crippen LogP contribution in [0.3, 0.4) is 0 Å². The Hall–Kier alpha value is -2.52. The van der Waals surface area contributed by atoms with Gasteiger partial charge in [0, 0.05) is 10.6 Å². The maximum atomic E-state index is 11.8. The van der Waals surface area contributed by atoms with Crippen molar-refractivity contribution in [2.75, 3.05) is 11.6 Å². The molecule has 2 rings (SSSR count). The first kappa shape index (κ1) is 12.0. The van der Waals surface area contributed by atoms with E-state index in [0.29, 0.717) is 15.3 Å². The number of nitrogen functional groups attached to an aromatic ring is 2. The Morgan fingerprint density at radius 2 is 1.94 bits per heavy atom. The molecule has 1 aromatic heterocycles. The molecule has 6 nitrogen and oxygen atoms in total. The molecule has 7 heteroatoms. The number of anilines is 1. The van der Waals surface area contributed by atoms with Gasteiger partial charge in [-0.3, -0.25) is 4.79 Å². The van der Waals surface area contributed by atoms with E-state index in [1.807, 2.05) is 0 Å². The largest absolute Gasteiger partial charge is 0.368 e. The molecule has 0 aliphatic rings. The van der Waals surface area contributed by atoms with Crippen LogP contribution in [0.4, 0.5) is 5.95 Å². The zero-order chi connectivity index (χ0) is 13.3. The summed E-state index contributed by atoms with van der Waals surface area (Å²) in [7, 11) is 0. The number of aromatic nitrogens is 2. The summed E-state index contributed by atoms with van der Waals surface area (Å²) in [4.78, 5) is 15.7. The van der Waals surface area contributed by atoms with E-state index in [-0.39, 0.29) is 17.2 Å². The highest BCUT2D eigenvalue weighted by molar-refractivity contribution is 6.30. The molecule has 2 aromatic rings. The van der Waals surface area contributed by atoms with Crippen LogP contribution in [0, 0.1) is 11.3 Å². The summed E-state index contributed by atoms with van der Waals surface area (Å²) in [5, 5.41) is 9.54. The van der Waals surface area contributed by atoms with Gasteiger partial charge in [-0.1, -0.05) is 23.7 Å². The van der Waals surface area contributed by atoms with Crippen molar-refractivity contribution in [3.8, 4) is 17.3 Å². The van der Waals surface area contributed by atoms with Crippen molar-refractivity contribution >= 4 is 17.5 Å². The molecule has 0 radical (unpaired) electrons. The quantitative estimate of drug-likeness (QED) is 0.735. The summed E-state index contributed by atoms with van der Waals surface area (Å²) in [6.45, 7) is 0. The predicted molar refractivity (Wildman–Crippen MR) is 68.2 cm³/mol. The third kappa shape index (κ3) is 1.87. The molecule has 0 fully saturated rings. The fourth-order valence-corrected chi connectivity index (χ4v) is 1.59. The van der Waals surface area contributed by atoms with E-state index >= 15 is 0 Å². The van der Waals surface area contributed by atoms with E-state index in [9.17, 15) is 4.79 Å². The average Bonchev–Trinajstić information content (AvgIpc) is 2.37. The van der Waals surface area contributed by atoms with Crippen molar-refractivity contribution in [2.24, 2.45) is 0 Å². The van der Waals surface area contributed by atoms with E-state index in [1.54, 1.807) is 30.3 Å². The molecule has 90 valence electrons. The lowest BCUT2D eigenvalue weighted by atomic mass is 10.1. The zero-order valence-corrected chi connectivity index (χ0v) is 9.85. The Labute approximate surface area is 107 Å². The van der Waals surface area contributed by atoms with Crippen LogP contribution < -0.4 is 17.1 Å². The maximum absolute atomic E-state index is 11.8. The van der Waals surface area contributed by atoms with Crippen LogP contribution in [0.2, 0.25) is 5.02 Å². The molecule has 18 heavy (non-hydrogen) atoms. The lowest BCUT2D eigenvalue weighted by Gasteiger charge is -2.07. The lowest BCUT2D eigenvalue weighted by Crippen LogP contribution is -2.33. The number of nitrogens with two attached hydrogens (primary N) is 2. The van der Waals surface area contributed by atoms with E-state index in [2.05, 4.69) is 4.98 Å². The summed E-state index contributed by atoms with van der Waals surface area (Å²) in [5.41, 5.74) is 5.42. The van der Waals surface area contributed by atoms with Crippen molar-refractivity contribution in [2.45, 2.75) is 0 Å². The summed E-state index contributed by atoms with van der Waals surface area (Å²) >= 11 is 5.76. The van der Waals surface area contributed by atoms with Crippen LogP contribution in [-0.4, -0.2) is 9.66 Å². The lowest BCUT2D eigenvalue weighted by molar-refractivity contribution is 0.906. The average molecular weight is 262 g/mol. The SMILES string of the molecule is N#Cc1c(-c2ccc(Cl)cc2)nc(N)n(N)c1=O. The first-order chi connectivity index (χ1) is 8.54. The topological polar surface area (TPSA) is 111 Å². The van der Waals surface area contributed by atoms with Gasteiger partial charge in [0.25, 0.3) is 5.56 Å². The van der Waals surface area contributed by atoms with Crippen molar-refractivity contribution in [3.05, 3.63) is 45.2 Å². The molecule has 0 amide bonds. The fraction of sp³-hybridized carbons (Fsp3) is 0. The Balaban J connectivity index is 2.76. The fourth-order valence-electron chi connectivity index (χ4n) is 1.47. The van der Waals surface area contributed by atoms with E-state index in [1.165, 1.54) is 0 Å². The molecule has 0 saturated heterocycles. The molecule has 0 bridgehead atoms. The number of halogens is 1. The highest BCUT2D eigenvalue weighted by Gasteiger charge is 2.15. The second kappa shape index (κ2) is 4.39. The molecule has 4 N–H and O–H groups in total. The molecule has 1 heterocycles. The molecule has 1 aromatic carbocycles. The van der Waals surface area contributed by atoms with E-state index in [0.717, 1.165) is 0 Å². The second-order valence-corrected chi connectivity index (χ2v) is 3.92. The summed E-state index contributed by atoms with van der Waals surface area (Å²) in [6, 6.07) is 8.33. The Morgan fingerprint density at radius 3 is 2.50 bits per heavy atom. The van der Waals surface area contributed by atoms with Gasteiger partial charge >= 0.3 is 0 Å². The maximum Gasteiger partial charge on any atom is 0.291 e.